The summed E-state index contributed by atoms with van der Waals surface area (Å²) in [5.74, 6) is 0.687. The second-order valence-electron chi connectivity index (χ2n) is 8.11. The Labute approximate surface area is 169 Å². The fraction of sp³-hybridized carbons (Fsp3) is 0.524. The lowest BCUT2D eigenvalue weighted by Crippen LogP contribution is -2.52. The maximum atomic E-state index is 13.2. The van der Waals surface area contributed by atoms with Crippen LogP contribution < -0.4 is 4.74 Å². The van der Waals surface area contributed by atoms with Crippen molar-refractivity contribution in [1.82, 2.24) is 20.1 Å². The van der Waals surface area contributed by atoms with Crippen molar-refractivity contribution >= 4 is 11.8 Å². The van der Waals surface area contributed by atoms with Gasteiger partial charge in [-0.2, -0.15) is 0 Å². The van der Waals surface area contributed by atoms with E-state index in [1.165, 1.54) is 0 Å². The summed E-state index contributed by atoms with van der Waals surface area (Å²) in [4.78, 5) is 28.5. The molecule has 8 heteroatoms. The molecule has 4 rings (SSSR count). The smallest absolute Gasteiger partial charge is 0.278 e. The van der Waals surface area contributed by atoms with Gasteiger partial charge in [0, 0.05) is 32.1 Å². The lowest BCUT2D eigenvalue weighted by molar-refractivity contribution is -0.131. The van der Waals surface area contributed by atoms with Gasteiger partial charge < -0.3 is 14.5 Å². The van der Waals surface area contributed by atoms with Gasteiger partial charge in [-0.1, -0.05) is 23.4 Å². The molecule has 8 nitrogen and oxygen atoms in total. The molecule has 0 radical (unpaired) electrons. The zero-order chi connectivity index (χ0) is 20.6. The van der Waals surface area contributed by atoms with E-state index in [2.05, 4.69) is 10.3 Å². The average Bonchev–Trinajstić information content (AvgIpc) is 3.06. The van der Waals surface area contributed by atoms with Gasteiger partial charge in [-0.3, -0.25) is 9.59 Å². The Hall–Kier alpha value is -2.90. The molecule has 0 unspecified atom stereocenters. The number of rotatable bonds is 2. The fourth-order valence-corrected chi connectivity index (χ4v) is 4.36. The van der Waals surface area contributed by atoms with Crippen molar-refractivity contribution in [1.29, 1.82) is 0 Å². The van der Waals surface area contributed by atoms with Crippen LogP contribution in [0.4, 0.5) is 0 Å². The van der Waals surface area contributed by atoms with E-state index in [-0.39, 0.29) is 23.6 Å². The molecule has 1 fully saturated rings. The fourth-order valence-electron chi connectivity index (χ4n) is 4.36. The summed E-state index contributed by atoms with van der Waals surface area (Å²) in [5, 5.41) is 7.55. The van der Waals surface area contributed by atoms with Gasteiger partial charge in [0.05, 0.1) is 6.54 Å². The maximum absolute atomic E-state index is 13.2. The topological polar surface area (TPSA) is 88.8 Å². The highest BCUT2D eigenvalue weighted by Gasteiger charge is 2.43. The van der Waals surface area contributed by atoms with Gasteiger partial charge in [0.25, 0.3) is 5.91 Å². The predicted molar refractivity (Wildman–Crippen MR) is 104 cm³/mol. The number of benzene rings is 1. The van der Waals surface area contributed by atoms with E-state index < -0.39 is 5.60 Å². The van der Waals surface area contributed by atoms with Gasteiger partial charge >= 0.3 is 0 Å². The van der Waals surface area contributed by atoms with Gasteiger partial charge in [-0.05, 0) is 43.8 Å². The average molecular weight is 398 g/mol. The molecule has 0 bridgehead atoms. The van der Waals surface area contributed by atoms with Crippen LogP contribution in [-0.4, -0.2) is 57.2 Å². The molecule has 1 aromatic heterocycles. The molecule has 2 aliphatic rings. The van der Waals surface area contributed by atoms with Gasteiger partial charge in [0.15, 0.2) is 5.69 Å². The van der Waals surface area contributed by atoms with Crippen molar-refractivity contribution in [3.8, 4) is 5.75 Å². The summed E-state index contributed by atoms with van der Waals surface area (Å²) in [6.45, 7) is 4.21. The Morgan fingerprint density at radius 2 is 1.93 bits per heavy atom. The summed E-state index contributed by atoms with van der Waals surface area (Å²) in [7, 11) is 1.85. The van der Waals surface area contributed by atoms with E-state index in [0.717, 1.165) is 37.0 Å². The van der Waals surface area contributed by atoms with Crippen LogP contribution in [0.1, 0.15) is 54.4 Å². The molecule has 1 saturated carbocycles. The third-order valence-electron chi connectivity index (χ3n) is 6.19. The molecule has 0 atom stereocenters. The molecule has 1 aliphatic carbocycles. The molecule has 2 amide bonds. The highest BCUT2D eigenvalue weighted by molar-refractivity contribution is 5.93. The van der Waals surface area contributed by atoms with Crippen molar-refractivity contribution < 1.29 is 19.0 Å². The predicted octanol–water partition coefficient (Wildman–Crippen LogP) is 2.57. The molecular weight excluding hydrogens is 372 g/mol. The third-order valence-corrected chi connectivity index (χ3v) is 6.19. The van der Waals surface area contributed by atoms with E-state index in [0.29, 0.717) is 18.8 Å². The van der Waals surface area contributed by atoms with Gasteiger partial charge in [0.1, 0.15) is 17.0 Å². The number of aromatic nitrogens is 2. The van der Waals surface area contributed by atoms with E-state index >= 15 is 0 Å². The molecular formula is C21H26N4O4. The number of ether oxygens (including phenoxy) is 1. The van der Waals surface area contributed by atoms with Gasteiger partial charge in [0.2, 0.25) is 5.91 Å². The van der Waals surface area contributed by atoms with Crippen LogP contribution >= 0.6 is 0 Å². The zero-order valence-electron chi connectivity index (χ0n) is 17.1. The molecule has 154 valence electrons. The normalized spacial score (nSPS) is 23.8. The van der Waals surface area contributed by atoms with Crippen LogP contribution in [0.2, 0.25) is 0 Å². The lowest BCUT2D eigenvalue weighted by Gasteiger charge is -2.43. The number of carbonyl (C=O) groups is 2. The van der Waals surface area contributed by atoms with Gasteiger partial charge in [-0.15, -0.1) is 0 Å². The molecule has 1 aromatic carbocycles. The number of carbonyl (C=O) groups excluding carboxylic acids is 2. The maximum Gasteiger partial charge on any atom is 0.278 e. The Kier molecular flexibility index (Phi) is 5.02. The standard InChI is InChI=1S/C21H26N4O4/c1-14-19(23-29-22-14)20(27)25-12-16-6-4-5-7-18(16)28-21(13-25)10-8-17(9-11-21)24(3)15(2)26/h4-7,17H,8-13H2,1-3H3. The van der Waals surface area contributed by atoms with Crippen LogP contribution in [0.25, 0.3) is 0 Å². The van der Waals surface area contributed by atoms with E-state index in [9.17, 15) is 9.59 Å². The first-order valence-corrected chi connectivity index (χ1v) is 9.97. The van der Waals surface area contributed by atoms with Crippen LogP contribution in [0.15, 0.2) is 28.9 Å². The number of fused-ring (bicyclic) bond motifs is 1. The Balaban J connectivity index is 1.62. The molecule has 1 aliphatic heterocycles. The summed E-state index contributed by atoms with van der Waals surface area (Å²) in [6, 6.07) is 8.04. The molecule has 1 spiro atoms. The second kappa shape index (κ2) is 7.50. The van der Waals surface area contributed by atoms with E-state index in [1.54, 1.807) is 18.7 Å². The number of hydrogen-bond donors (Lipinski definition) is 0. The van der Waals surface area contributed by atoms with Crippen molar-refractivity contribution in [3.05, 3.63) is 41.2 Å². The van der Waals surface area contributed by atoms with Gasteiger partial charge in [-0.25, -0.2) is 4.63 Å². The Morgan fingerprint density at radius 3 is 2.59 bits per heavy atom. The SMILES string of the molecule is CC(=O)N(C)C1CCC2(CC1)CN(C(=O)c1nonc1C)Cc1ccccc1O2. The number of aryl methyl sites for hydroxylation is 1. The minimum absolute atomic E-state index is 0.0730. The summed E-state index contributed by atoms with van der Waals surface area (Å²) < 4.78 is 11.3. The lowest BCUT2D eigenvalue weighted by atomic mass is 9.81. The highest BCUT2D eigenvalue weighted by atomic mass is 16.6. The second-order valence-corrected chi connectivity index (χ2v) is 8.11. The number of para-hydroxylation sites is 1. The summed E-state index contributed by atoms with van der Waals surface area (Å²) in [6.07, 6.45) is 3.21. The molecule has 0 saturated heterocycles. The summed E-state index contributed by atoms with van der Waals surface area (Å²) >= 11 is 0. The first-order valence-electron chi connectivity index (χ1n) is 9.97. The number of nitrogens with zero attached hydrogens (tertiary/aromatic N) is 4. The van der Waals surface area contributed by atoms with Crippen molar-refractivity contribution in [2.75, 3.05) is 13.6 Å². The van der Waals surface area contributed by atoms with Crippen LogP contribution in [0.3, 0.4) is 0 Å². The van der Waals surface area contributed by atoms with Crippen molar-refractivity contribution in [2.45, 2.75) is 57.7 Å². The summed E-state index contributed by atoms with van der Waals surface area (Å²) in [5.41, 5.74) is 1.20. The quantitative estimate of drug-likeness (QED) is 0.773. The third kappa shape index (κ3) is 3.71. The Morgan fingerprint density at radius 1 is 1.21 bits per heavy atom. The van der Waals surface area contributed by atoms with Crippen LogP contribution in [-0.2, 0) is 11.3 Å². The molecule has 2 heterocycles. The number of hydrogen-bond acceptors (Lipinski definition) is 6. The van der Waals surface area contributed by atoms with E-state index in [1.807, 2.05) is 36.2 Å². The number of amides is 2. The monoisotopic (exact) mass is 398 g/mol. The highest BCUT2D eigenvalue weighted by Crippen LogP contribution is 2.39. The minimum Gasteiger partial charge on any atom is -0.485 e. The first-order chi connectivity index (χ1) is 13.9. The van der Waals surface area contributed by atoms with Crippen molar-refractivity contribution in [2.24, 2.45) is 0 Å². The van der Waals surface area contributed by atoms with Crippen LogP contribution in [0.5, 0.6) is 5.75 Å². The van der Waals surface area contributed by atoms with Crippen LogP contribution in [0, 0.1) is 6.92 Å². The molecule has 0 N–H and O–H groups in total. The largest absolute Gasteiger partial charge is 0.485 e. The zero-order valence-corrected chi connectivity index (χ0v) is 17.1. The Bertz CT molecular complexity index is 917. The van der Waals surface area contributed by atoms with E-state index in [4.69, 9.17) is 9.37 Å². The first kappa shape index (κ1) is 19.4. The molecule has 2 aromatic rings. The van der Waals surface area contributed by atoms with Crippen molar-refractivity contribution in [3.63, 3.8) is 0 Å². The minimum atomic E-state index is -0.485. The molecule has 29 heavy (non-hydrogen) atoms.